The fourth-order valence-electron chi connectivity index (χ4n) is 4.78. The van der Waals surface area contributed by atoms with Crippen LogP contribution in [0.15, 0.2) is 84.9 Å². The second kappa shape index (κ2) is 11.0. The third kappa shape index (κ3) is 5.62. The molecule has 0 saturated heterocycles. The van der Waals surface area contributed by atoms with E-state index in [1.807, 2.05) is 43.3 Å². The van der Waals surface area contributed by atoms with Crippen molar-refractivity contribution in [3.05, 3.63) is 119 Å². The average molecular weight is 524 g/mol. The Morgan fingerprint density at radius 1 is 1.00 bits per heavy atom. The summed E-state index contributed by atoms with van der Waals surface area (Å²) < 4.78 is 19.9. The molecule has 0 aliphatic carbocycles. The van der Waals surface area contributed by atoms with Gasteiger partial charge in [0.1, 0.15) is 18.2 Å². The van der Waals surface area contributed by atoms with Crippen LogP contribution in [0.5, 0.6) is 5.75 Å². The monoisotopic (exact) mass is 523 g/mol. The standard InChI is InChI=1S/C32H30FN3O3/c1-20-7-8-24(17-28(20)33)21(2)35-32(38)25-13-14-29-30(18-25)39-16-15-36(29)19-26-5-3-4-6-27(26)22-9-11-23(12-10-22)31(34)37/h3-14,17-18,21H,15-16,19H2,1-2H3,(H2,34,37)(H,35,38)/t21-/m0/s1. The van der Waals surface area contributed by atoms with E-state index in [-0.39, 0.29) is 17.8 Å². The van der Waals surface area contributed by atoms with E-state index in [0.717, 1.165) is 22.4 Å². The number of hydrogen-bond donors (Lipinski definition) is 2. The van der Waals surface area contributed by atoms with Gasteiger partial charge in [0.25, 0.3) is 5.91 Å². The van der Waals surface area contributed by atoms with Crippen LogP contribution in [0.3, 0.4) is 0 Å². The van der Waals surface area contributed by atoms with Gasteiger partial charge in [-0.3, -0.25) is 9.59 Å². The van der Waals surface area contributed by atoms with Gasteiger partial charge in [0, 0.05) is 17.7 Å². The van der Waals surface area contributed by atoms with E-state index in [4.69, 9.17) is 10.5 Å². The Balaban J connectivity index is 1.34. The van der Waals surface area contributed by atoms with Gasteiger partial charge >= 0.3 is 0 Å². The molecule has 4 aromatic carbocycles. The molecule has 0 unspecified atom stereocenters. The summed E-state index contributed by atoms with van der Waals surface area (Å²) in [6.45, 7) is 5.37. The maximum atomic E-state index is 14.0. The summed E-state index contributed by atoms with van der Waals surface area (Å²) in [6, 6.07) is 25.5. The van der Waals surface area contributed by atoms with E-state index >= 15 is 0 Å². The van der Waals surface area contributed by atoms with Crippen molar-refractivity contribution in [2.75, 3.05) is 18.1 Å². The molecule has 1 heterocycles. The minimum Gasteiger partial charge on any atom is -0.490 e. The predicted octanol–water partition coefficient (Wildman–Crippen LogP) is 5.79. The number of carbonyl (C=O) groups is 2. The lowest BCUT2D eigenvalue weighted by Gasteiger charge is -2.32. The van der Waals surface area contributed by atoms with Gasteiger partial charge in [-0.1, -0.05) is 48.5 Å². The number of rotatable bonds is 7. The molecule has 1 aliphatic rings. The van der Waals surface area contributed by atoms with Crippen molar-refractivity contribution in [1.29, 1.82) is 0 Å². The summed E-state index contributed by atoms with van der Waals surface area (Å²) in [5.74, 6) is -0.352. The van der Waals surface area contributed by atoms with Gasteiger partial charge in [0.2, 0.25) is 5.91 Å². The van der Waals surface area contributed by atoms with Gasteiger partial charge < -0.3 is 20.7 Å². The Morgan fingerprint density at radius 2 is 1.74 bits per heavy atom. The molecule has 0 saturated carbocycles. The van der Waals surface area contributed by atoms with Gasteiger partial charge in [-0.25, -0.2) is 4.39 Å². The van der Waals surface area contributed by atoms with Gasteiger partial charge in [0.05, 0.1) is 18.3 Å². The van der Waals surface area contributed by atoms with Crippen LogP contribution in [-0.2, 0) is 6.54 Å². The molecule has 198 valence electrons. The molecule has 3 N–H and O–H groups in total. The fraction of sp³-hybridized carbons (Fsp3) is 0.188. The molecule has 1 aliphatic heterocycles. The highest BCUT2D eigenvalue weighted by Gasteiger charge is 2.22. The van der Waals surface area contributed by atoms with Crippen molar-refractivity contribution in [2.45, 2.75) is 26.4 Å². The Hall–Kier alpha value is -4.65. The Bertz CT molecular complexity index is 1530. The van der Waals surface area contributed by atoms with Crippen LogP contribution in [0.25, 0.3) is 11.1 Å². The second-order valence-corrected chi connectivity index (χ2v) is 9.76. The molecule has 6 nitrogen and oxygen atoms in total. The molecule has 4 aromatic rings. The first-order chi connectivity index (χ1) is 18.8. The number of carbonyl (C=O) groups excluding carboxylic acids is 2. The third-order valence-electron chi connectivity index (χ3n) is 7.08. The van der Waals surface area contributed by atoms with E-state index in [1.54, 1.807) is 37.3 Å². The zero-order chi connectivity index (χ0) is 27.5. The Kier molecular flexibility index (Phi) is 7.32. The average Bonchev–Trinajstić information content (AvgIpc) is 2.94. The van der Waals surface area contributed by atoms with Gasteiger partial charge in [-0.05, 0) is 78.1 Å². The van der Waals surface area contributed by atoms with Gasteiger partial charge in [0.15, 0.2) is 0 Å². The quantitative estimate of drug-likeness (QED) is 0.321. The minimum absolute atomic E-state index is 0.253. The number of anilines is 1. The summed E-state index contributed by atoms with van der Waals surface area (Å²) in [6.07, 6.45) is 0. The highest BCUT2D eigenvalue weighted by Crippen LogP contribution is 2.35. The molecule has 39 heavy (non-hydrogen) atoms. The molecular formula is C32H30FN3O3. The summed E-state index contributed by atoms with van der Waals surface area (Å²) >= 11 is 0. The topological polar surface area (TPSA) is 84.7 Å². The number of fused-ring (bicyclic) bond motifs is 1. The number of ether oxygens (including phenoxy) is 1. The minimum atomic E-state index is -0.452. The number of hydrogen-bond acceptors (Lipinski definition) is 4. The van der Waals surface area contributed by atoms with Crippen LogP contribution in [0.1, 0.15) is 50.4 Å². The molecule has 0 aromatic heterocycles. The molecule has 7 heteroatoms. The highest BCUT2D eigenvalue weighted by atomic mass is 19.1. The smallest absolute Gasteiger partial charge is 0.251 e. The molecule has 5 rings (SSSR count). The van der Waals surface area contributed by atoms with E-state index in [0.29, 0.717) is 47.7 Å². The number of primary amides is 1. The SMILES string of the molecule is Cc1ccc([C@H](C)NC(=O)c2ccc3c(c2)OCCN3Cc2ccccc2-c2ccc(C(N)=O)cc2)cc1F. The van der Waals surface area contributed by atoms with Gasteiger partial charge in [-0.2, -0.15) is 0 Å². The Morgan fingerprint density at radius 3 is 2.49 bits per heavy atom. The maximum absolute atomic E-state index is 14.0. The summed E-state index contributed by atoms with van der Waals surface area (Å²) in [4.78, 5) is 26.7. The highest BCUT2D eigenvalue weighted by molar-refractivity contribution is 5.95. The molecule has 0 spiro atoms. The summed E-state index contributed by atoms with van der Waals surface area (Å²) in [5.41, 5.74) is 11.7. The zero-order valence-corrected chi connectivity index (χ0v) is 21.9. The number of amides is 2. The number of aryl methyl sites for hydroxylation is 1. The van der Waals surface area contributed by atoms with E-state index in [1.165, 1.54) is 6.07 Å². The van der Waals surface area contributed by atoms with Crippen LogP contribution < -0.4 is 20.7 Å². The summed E-state index contributed by atoms with van der Waals surface area (Å²) in [7, 11) is 0. The number of halogens is 1. The molecule has 0 bridgehead atoms. The van der Waals surface area contributed by atoms with Crippen molar-refractivity contribution in [2.24, 2.45) is 5.73 Å². The van der Waals surface area contributed by atoms with Crippen LogP contribution in [-0.4, -0.2) is 25.0 Å². The molecule has 1 atom stereocenters. The lowest BCUT2D eigenvalue weighted by molar-refractivity contribution is 0.0938. The van der Waals surface area contributed by atoms with Crippen molar-refractivity contribution in [3.63, 3.8) is 0 Å². The number of nitrogens with one attached hydrogen (secondary N) is 1. The van der Waals surface area contributed by atoms with Crippen molar-refractivity contribution < 1.29 is 18.7 Å². The normalized spacial score (nSPS) is 13.3. The summed E-state index contributed by atoms with van der Waals surface area (Å²) in [5, 5.41) is 2.95. The first kappa shape index (κ1) is 26.0. The third-order valence-corrected chi connectivity index (χ3v) is 7.08. The predicted molar refractivity (Wildman–Crippen MR) is 150 cm³/mol. The fourth-order valence-corrected chi connectivity index (χ4v) is 4.78. The molecule has 2 amide bonds. The zero-order valence-electron chi connectivity index (χ0n) is 21.9. The van der Waals surface area contributed by atoms with Gasteiger partial charge in [-0.15, -0.1) is 0 Å². The molecule has 0 fully saturated rings. The van der Waals surface area contributed by atoms with E-state index in [2.05, 4.69) is 22.3 Å². The molecular weight excluding hydrogens is 493 g/mol. The van der Waals surface area contributed by atoms with Crippen molar-refractivity contribution in [3.8, 4) is 16.9 Å². The number of nitrogens with two attached hydrogens (primary N) is 1. The van der Waals surface area contributed by atoms with Crippen LogP contribution in [0.2, 0.25) is 0 Å². The van der Waals surface area contributed by atoms with Crippen LogP contribution in [0, 0.1) is 12.7 Å². The second-order valence-electron chi connectivity index (χ2n) is 9.76. The maximum Gasteiger partial charge on any atom is 0.251 e. The first-order valence-corrected chi connectivity index (χ1v) is 12.9. The lowest BCUT2D eigenvalue weighted by atomic mass is 9.98. The lowest BCUT2D eigenvalue weighted by Crippen LogP contribution is -2.33. The first-order valence-electron chi connectivity index (χ1n) is 12.9. The number of benzene rings is 4. The largest absolute Gasteiger partial charge is 0.490 e. The van der Waals surface area contributed by atoms with Crippen LogP contribution in [0.4, 0.5) is 10.1 Å². The van der Waals surface area contributed by atoms with E-state index in [9.17, 15) is 14.0 Å². The Labute approximate surface area is 227 Å². The van der Waals surface area contributed by atoms with Crippen LogP contribution >= 0.6 is 0 Å². The molecule has 0 radical (unpaired) electrons. The van der Waals surface area contributed by atoms with Crippen molar-refractivity contribution >= 4 is 17.5 Å². The van der Waals surface area contributed by atoms with E-state index < -0.39 is 5.91 Å². The number of nitrogens with zero attached hydrogens (tertiary/aromatic N) is 1. The van der Waals surface area contributed by atoms with Crippen molar-refractivity contribution in [1.82, 2.24) is 5.32 Å².